The zero-order valence-electron chi connectivity index (χ0n) is 9.49. The van der Waals surface area contributed by atoms with Crippen molar-refractivity contribution in [1.29, 1.82) is 0 Å². The Kier molecular flexibility index (Phi) is 2.99. The maximum absolute atomic E-state index is 8.94. The molecule has 0 fully saturated rings. The van der Waals surface area contributed by atoms with Crippen LogP contribution < -0.4 is 9.47 Å². The van der Waals surface area contributed by atoms with Crippen molar-refractivity contribution in [3.63, 3.8) is 0 Å². The lowest BCUT2D eigenvalue weighted by atomic mass is 9.89. The number of aryl methyl sites for hydroxylation is 1. The smallest absolute Gasteiger partial charge is 0.161 e. The van der Waals surface area contributed by atoms with Crippen LogP contribution in [0, 0.1) is 0 Å². The molecule has 16 heavy (non-hydrogen) atoms. The highest BCUT2D eigenvalue weighted by Gasteiger charge is 2.19. The Labute approximate surface area is 94.5 Å². The molecular weight excluding hydrogens is 206 g/mol. The summed E-state index contributed by atoms with van der Waals surface area (Å²) in [5, 5.41) is 12.3. The minimum Gasteiger partial charge on any atom is -0.493 e. The van der Waals surface area contributed by atoms with Crippen LogP contribution >= 0.6 is 0 Å². The van der Waals surface area contributed by atoms with Gasteiger partial charge in [0.05, 0.1) is 19.9 Å². The summed E-state index contributed by atoms with van der Waals surface area (Å²) in [4.78, 5) is 0. The Morgan fingerprint density at radius 2 is 1.81 bits per heavy atom. The van der Waals surface area contributed by atoms with Crippen molar-refractivity contribution < 1.29 is 14.7 Å². The summed E-state index contributed by atoms with van der Waals surface area (Å²) < 4.78 is 10.5. The van der Waals surface area contributed by atoms with E-state index < -0.39 is 0 Å². The second kappa shape index (κ2) is 4.43. The van der Waals surface area contributed by atoms with Crippen LogP contribution in [0.3, 0.4) is 0 Å². The summed E-state index contributed by atoms with van der Waals surface area (Å²) in [6.45, 7) is 0. The maximum atomic E-state index is 8.94. The monoisotopic (exact) mass is 221 g/mol. The molecule has 4 heteroatoms. The van der Waals surface area contributed by atoms with Gasteiger partial charge in [0, 0.05) is 5.56 Å². The van der Waals surface area contributed by atoms with E-state index >= 15 is 0 Å². The van der Waals surface area contributed by atoms with Gasteiger partial charge in [0.2, 0.25) is 0 Å². The van der Waals surface area contributed by atoms with E-state index in [1.807, 2.05) is 12.1 Å². The lowest BCUT2D eigenvalue weighted by Crippen LogP contribution is -2.12. The normalized spacial score (nSPS) is 17.0. The molecule has 4 nitrogen and oxygen atoms in total. The summed E-state index contributed by atoms with van der Waals surface area (Å²) in [6.07, 6.45) is 2.79. The molecule has 0 atom stereocenters. The molecule has 0 amide bonds. The van der Waals surface area contributed by atoms with E-state index in [9.17, 15) is 0 Å². The van der Waals surface area contributed by atoms with Gasteiger partial charge < -0.3 is 14.7 Å². The molecular formula is C12H15NO3. The zero-order chi connectivity index (χ0) is 11.5. The Morgan fingerprint density at radius 3 is 2.44 bits per heavy atom. The highest BCUT2D eigenvalue weighted by molar-refractivity contribution is 6.02. The fraction of sp³-hybridized carbons (Fsp3) is 0.417. The van der Waals surface area contributed by atoms with E-state index in [1.165, 1.54) is 0 Å². The fourth-order valence-corrected chi connectivity index (χ4v) is 2.08. The van der Waals surface area contributed by atoms with Gasteiger partial charge in [0.15, 0.2) is 11.5 Å². The van der Waals surface area contributed by atoms with Crippen LogP contribution in [-0.4, -0.2) is 25.1 Å². The van der Waals surface area contributed by atoms with E-state index in [2.05, 4.69) is 5.16 Å². The van der Waals surface area contributed by atoms with Gasteiger partial charge in [-0.05, 0) is 37.0 Å². The molecule has 1 aromatic carbocycles. The third-order valence-corrected chi connectivity index (χ3v) is 2.90. The molecule has 0 unspecified atom stereocenters. The molecule has 0 spiro atoms. The third kappa shape index (κ3) is 1.71. The third-order valence-electron chi connectivity index (χ3n) is 2.90. The van der Waals surface area contributed by atoms with Gasteiger partial charge in [-0.25, -0.2) is 0 Å². The Balaban J connectivity index is 2.55. The summed E-state index contributed by atoms with van der Waals surface area (Å²) in [5.41, 5.74) is 2.84. The molecule has 1 aromatic rings. The van der Waals surface area contributed by atoms with Gasteiger partial charge in [-0.3, -0.25) is 0 Å². The average Bonchev–Trinajstić information content (AvgIpc) is 2.36. The predicted molar refractivity (Wildman–Crippen MR) is 60.8 cm³/mol. The van der Waals surface area contributed by atoms with E-state index in [4.69, 9.17) is 14.7 Å². The molecule has 0 radical (unpaired) electrons. The number of nitrogens with zero attached hydrogens (tertiary/aromatic N) is 1. The molecule has 0 aliphatic heterocycles. The van der Waals surface area contributed by atoms with Crippen LogP contribution in [0.2, 0.25) is 0 Å². The van der Waals surface area contributed by atoms with Crippen molar-refractivity contribution in [2.45, 2.75) is 19.3 Å². The van der Waals surface area contributed by atoms with Crippen LogP contribution in [0.4, 0.5) is 0 Å². The zero-order valence-corrected chi connectivity index (χ0v) is 9.49. The second-order valence-corrected chi connectivity index (χ2v) is 3.76. The predicted octanol–water partition coefficient (Wildman–Crippen LogP) is 2.22. The minimum atomic E-state index is 0.671. The maximum Gasteiger partial charge on any atom is 0.161 e. The SMILES string of the molecule is COc1cc2c(cc1OC)C(=NO)CCC2. The largest absolute Gasteiger partial charge is 0.493 e. The lowest BCUT2D eigenvalue weighted by molar-refractivity contribution is 0.317. The standard InChI is InChI=1S/C12H15NO3/c1-15-11-6-8-4-3-5-10(13-14)9(8)7-12(11)16-2/h6-7,14H,3-5H2,1-2H3. The minimum absolute atomic E-state index is 0.671. The number of methoxy groups -OCH3 is 2. The molecule has 0 heterocycles. The van der Waals surface area contributed by atoms with Gasteiger partial charge in [-0.15, -0.1) is 0 Å². The lowest BCUT2D eigenvalue weighted by Gasteiger charge is -2.19. The average molecular weight is 221 g/mol. The Morgan fingerprint density at radius 1 is 1.12 bits per heavy atom. The molecule has 2 rings (SSSR count). The molecule has 0 bridgehead atoms. The number of hydrogen-bond donors (Lipinski definition) is 1. The first kappa shape index (κ1) is 10.8. The van der Waals surface area contributed by atoms with E-state index in [0.717, 1.165) is 41.9 Å². The van der Waals surface area contributed by atoms with Gasteiger partial charge in [-0.2, -0.15) is 0 Å². The molecule has 86 valence electrons. The summed E-state index contributed by atoms with van der Waals surface area (Å²) in [5.74, 6) is 1.39. The van der Waals surface area contributed by atoms with Crippen LogP contribution in [0.1, 0.15) is 24.0 Å². The van der Waals surface area contributed by atoms with Crippen molar-refractivity contribution >= 4 is 5.71 Å². The van der Waals surface area contributed by atoms with Crippen molar-refractivity contribution in [3.8, 4) is 11.5 Å². The van der Waals surface area contributed by atoms with E-state index in [0.29, 0.717) is 5.75 Å². The Bertz CT molecular complexity index is 427. The number of rotatable bonds is 2. The number of oxime groups is 1. The fourth-order valence-electron chi connectivity index (χ4n) is 2.08. The first-order valence-electron chi connectivity index (χ1n) is 5.26. The molecule has 0 saturated carbocycles. The van der Waals surface area contributed by atoms with Crippen LogP contribution in [0.25, 0.3) is 0 Å². The van der Waals surface area contributed by atoms with E-state index in [-0.39, 0.29) is 0 Å². The summed E-state index contributed by atoms with van der Waals surface area (Å²) in [7, 11) is 3.22. The van der Waals surface area contributed by atoms with Crippen molar-refractivity contribution in [1.82, 2.24) is 0 Å². The van der Waals surface area contributed by atoms with Gasteiger partial charge in [0.25, 0.3) is 0 Å². The van der Waals surface area contributed by atoms with Gasteiger partial charge in [0.1, 0.15) is 0 Å². The van der Waals surface area contributed by atoms with E-state index in [1.54, 1.807) is 14.2 Å². The molecule has 1 aliphatic carbocycles. The van der Waals surface area contributed by atoms with Crippen LogP contribution in [0.5, 0.6) is 11.5 Å². The Hall–Kier alpha value is -1.71. The summed E-state index contributed by atoms with van der Waals surface area (Å²) >= 11 is 0. The van der Waals surface area contributed by atoms with Gasteiger partial charge >= 0.3 is 0 Å². The molecule has 1 aliphatic rings. The van der Waals surface area contributed by atoms with Crippen LogP contribution in [-0.2, 0) is 6.42 Å². The summed E-state index contributed by atoms with van der Waals surface area (Å²) in [6, 6.07) is 3.83. The number of fused-ring (bicyclic) bond motifs is 1. The highest BCUT2D eigenvalue weighted by atomic mass is 16.5. The number of benzene rings is 1. The molecule has 0 saturated heterocycles. The van der Waals surface area contributed by atoms with Crippen molar-refractivity contribution in [2.24, 2.45) is 5.16 Å². The second-order valence-electron chi connectivity index (χ2n) is 3.76. The number of ether oxygens (including phenoxy) is 2. The highest BCUT2D eigenvalue weighted by Crippen LogP contribution is 2.34. The van der Waals surface area contributed by atoms with Crippen molar-refractivity contribution in [3.05, 3.63) is 23.3 Å². The quantitative estimate of drug-likeness (QED) is 0.615. The molecule has 1 N–H and O–H groups in total. The first-order chi connectivity index (χ1) is 7.80. The van der Waals surface area contributed by atoms with Gasteiger partial charge in [-0.1, -0.05) is 5.16 Å². The number of hydrogen-bond acceptors (Lipinski definition) is 4. The molecule has 0 aromatic heterocycles. The first-order valence-corrected chi connectivity index (χ1v) is 5.26. The topological polar surface area (TPSA) is 51.0 Å². The van der Waals surface area contributed by atoms with Crippen molar-refractivity contribution in [2.75, 3.05) is 14.2 Å². The van der Waals surface area contributed by atoms with Crippen LogP contribution in [0.15, 0.2) is 17.3 Å².